The van der Waals surface area contributed by atoms with Gasteiger partial charge in [0.05, 0.1) is 43.5 Å². The zero-order valence-electron chi connectivity index (χ0n) is 24.1. The second-order valence-electron chi connectivity index (χ2n) is 6.13. The van der Waals surface area contributed by atoms with Crippen molar-refractivity contribution in [3.63, 3.8) is 0 Å². The fraction of sp³-hybridized carbons (Fsp3) is 0.538. The SMILES string of the molecule is CC.CC.CF.CN(CCO)CCO.O=[N+]([O-])c1ccccc1.O=[N+]([O-])c1ccccc1.OCCNCCO. The van der Waals surface area contributed by atoms with Gasteiger partial charge in [-0.25, -0.2) is 0 Å². The number of benzene rings is 2. The van der Waals surface area contributed by atoms with E-state index in [0.717, 1.165) is 0 Å². The summed E-state index contributed by atoms with van der Waals surface area (Å²) in [6.07, 6.45) is 0. The molecular weight excluding hydrogens is 515 g/mol. The van der Waals surface area contributed by atoms with Crippen LogP contribution in [0.5, 0.6) is 0 Å². The summed E-state index contributed by atoms with van der Waals surface area (Å²) in [5, 5.41) is 55.8. The van der Waals surface area contributed by atoms with Crippen LogP contribution in [0, 0.1) is 20.2 Å². The Kier molecular flexibility index (Phi) is 49.4. The number of nitrogens with zero attached hydrogens (tertiary/aromatic N) is 3. The van der Waals surface area contributed by atoms with Crippen LogP contribution in [-0.2, 0) is 0 Å². The van der Waals surface area contributed by atoms with Crippen molar-refractivity contribution in [1.82, 2.24) is 10.2 Å². The van der Waals surface area contributed by atoms with E-state index in [1.807, 2.05) is 39.6 Å². The van der Waals surface area contributed by atoms with Gasteiger partial charge in [0.1, 0.15) is 0 Å². The maximum atomic E-state index is 10.0. The van der Waals surface area contributed by atoms with Crippen molar-refractivity contribution < 1.29 is 34.7 Å². The molecule has 0 amide bonds. The summed E-state index contributed by atoms with van der Waals surface area (Å²) in [6.45, 7) is 11.0. The first-order valence-electron chi connectivity index (χ1n) is 12.4. The molecule has 0 fully saturated rings. The topological polar surface area (TPSA) is 182 Å². The number of non-ortho nitro benzene ring substituents is 2. The number of hydrogen-bond acceptors (Lipinski definition) is 10. The minimum absolute atomic E-state index is 0.137. The van der Waals surface area contributed by atoms with Gasteiger partial charge in [-0.2, -0.15) is 0 Å². The number of nitrogens with one attached hydrogen (secondary N) is 1. The minimum atomic E-state index is -0.417. The van der Waals surface area contributed by atoms with Crippen LogP contribution >= 0.6 is 0 Å². The van der Waals surface area contributed by atoms with E-state index in [2.05, 4.69) is 5.32 Å². The first kappa shape index (κ1) is 45.8. The molecule has 2 aromatic carbocycles. The van der Waals surface area contributed by atoms with Crippen LogP contribution in [-0.4, -0.2) is 102 Å². The quantitative estimate of drug-likeness (QED) is 0.163. The van der Waals surface area contributed by atoms with Gasteiger partial charge in [-0.1, -0.05) is 64.1 Å². The number of rotatable bonds is 10. The Morgan fingerprint density at radius 2 is 0.949 bits per heavy atom. The van der Waals surface area contributed by atoms with E-state index in [0.29, 0.717) is 33.4 Å². The fourth-order valence-corrected chi connectivity index (χ4v) is 1.84. The van der Waals surface area contributed by atoms with Crippen LogP contribution < -0.4 is 5.32 Å². The number of para-hydroxylation sites is 2. The molecule has 0 aliphatic heterocycles. The van der Waals surface area contributed by atoms with Crippen molar-refractivity contribution >= 4 is 11.4 Å². The molecule has 39 heavy (non-hydrogen) atoms. The second kappa shape index (κ2) is 42.0. The van der Waals surface area contributed by atoms with Crippen molar-refractivity contribution in [2.24, 2.45) is 0 Å². The van der Waals surface area contributed by atoms with Gasteiger partial charge in [0, 0.05) is 50.4 Å². The Hall–Kier alpha value is -3.07. The Morgan fingerprint density at radius 3 is 1.13 bits per heavy atom. The molecule has 2 rings (SSSR count). The highest BCUT2D eigenvalue weighted by atomic mass is 19.1. The first-order chi connectivity index (χ1) is 18.8. The second-order valence-corrected chi connectivity index (χ2v) is 6.13. The summed E-state index contributed by atoms with van der Waals surface area (Å²) in [4.78, 5) is 21.0. The third-order valence-electron chi connectivity index (χ3n) is 3.47. The summed E-state index contributed by atoms with van der Waals surface area (Å²) in [5.74, 6) is 0. The summed E-state index contributed by atoms with van der Waals surface area (Å²) in [7, 11) is 2.35. The molecule has 0 saturated carbocycles. The van der Waals surface area contributed by atoms with Crippen LogP contribution in [0.25, 0.3) is 0 Å². The molecule has 2 aromatic rings. The van der Waals surface area contributed by atoms with Gasteiger partial charge in [0.2, 0.25) is 0 Å². The summed E-state index contributed by atoms with van der Waals surface area (Å²) >= 11 is 0. The van der Waals surface area contributed by atoms with E-state index in [-0.39, 0.29) is 37.8 Å². The Bertz CT molecular complexity index is 658. The summed E-state index contributed by atoms with van der Waals surface area (Å²) in [5.41, 5.74) is 0.273. The van der Waals surface area contributed by atoms with Crippen LogP contribution in [0.2, 0.25) is 0 Å². The normalized spacial score (nSPS) is 8.41. The Labute approximate surface area is 232 Å². The van der Waals surface area contributed by atoms with Crippen LogP contribution in [0.4, 0.5) is 15.8 Å². The molecule has 0 spiro atoms. The molecule has 0 heterocycles. The molecule has 0 unspecified atom stereocenters. The van der Waals surface area contributed by atoms with E-state index in [1.165, 1.54) is 24.3 Å². The van der Waals surface area contributed by atoms with Gasteiger partial charge in [-0.3, -0.25) is 24.6 Å². The van der Waals surface area contributed by atoms with E-state index in [4.69, 9.17) is 20.4 Å². The number of alkyl halides is 1. The van der Waals surface area contributed by atoms with Crippen molar-refractivity contribution in [2.75, 3.05) is 66.8 Å². The molecule has 13 heteroatoms. The van der Waals surface area contributed by atoms with E-state index in [1.54, 1.807) is 36.4 Å². The third-order valence-corrected chi connectivity index (χ3v) is 3.47. The lowest BCUT2D eigenvalue weighted by molar-refractivity contribution is -0.385. The average molecular weight is 565 g/mol. The van der Waals surface area contributed by atoms with Crippen molar-refractivity contribution in [2.45, 2.75) is 27.7 Å². The highest BCUT2D eigenvalue weighted by molar-refractivity contribution is 5.28. The number of halogens is 1. The predicted octanol–water partition coefficient (Wildman–Crippen LogP) is 3.29. The Balaban J connectivity index is -0.000000124. The predicted molar refractivity (Wildman–Crippen MR) is 155 cm³/mol. The third kappa shape index (κ3) is 39.6. The zero-order chi connectivity index (χ0) is 31.3. The molecule has 0 bridgehead atoms. The molecule has 0 saturated heterocycles. The molecule has 0 aliphatic rings. The van der Waals surface area contributed by atoms with Crippen LogP contribution in [0.1, 0.15) is 27.7 Å². The standard InChI is InChI=1S/2C6H5NO2.C5H13NO2.C4H11NO2.2C2H6.CH3F/c2*8-7(9)6-4-2-1-3-5-6;1-6(2-4-7)3-5-8;6-3-1-5-2-4-7;3*1-2/h2*1-5H;7-8H,2-5H2,1H3;5-7H,1-4H2;2*1-2H3;1H3. The van der Waals surface area contributed by atoms with Gasteiger partial charge in [-0.05, 0) is 7.05 Å². The van der Waals surface area contributed by atoms with Crippen LogP contribution in [0.15, 0.2) is 60.7 Å². The molecule has 0 radical (unpaired) electrons. The maximum absolute atomic E-state index is 10.0. The number of nitro benzene ring substituents is 2. The van der Waals surface area contributed by atoms with Gasteiger partial charge in [-0.15, -0.1) is 0 Å². The molecule has 12 nitrogen and oxygen atoms in total. The number of hydrogen-bond donors (Lipinski definition) is 5. The largest absolute Gasteiger partial charge is 0.395 e. The number of likely N-dealkylation sites (N-methyl/N-ethyl adjacent to an activating group) is 1. The lowest BCUT2D eigenvalue weighted by Gasteiger charge is -2.11. The van der Waals surface area contributed by atoms with Crippen molar-refractivity contribution in [1.29, 1.82) is 0 Å². The monoisotopic (exact) mass is 564 g/mol. The molecule has 0 aliphatic carbocycles. The number of nitro groups is 2. The van der Waals surface area contributed by atoms with Crippen molar-refractivity contribution in [3.05, 3.63) is 80.9 Å². The fourth-order valence-electron chi connectivity index (χ4n) is 1.84. The molecule has 5 N–H and O–H groups in total. The van der Waals surface area contributed by atoms with Crippen molar-refractivity contribution in [3.8, 4) is 0 Å². The molecule has 0 aromatic heterocycles. The van der Waals surface area contributed by atoms with Crippen LogP contribution in [0.3, 0.4) is 0 Å². The lowest BCUT2D eigenvalue weighted by atomic mass is 10.3. The highest BCUT2D eigenvalue weighted by Crippen LogP contribution is 2.07. The van der Waals surface area contributed by atoms with Gasteiger partial charge < -0.3 is 30.6 Å². The maximum Gasteiger partial charge on any atom is 0.269 e. The first-order valence-corrected chi connectivity index (χ1v) is 12.4. The van der Waals surface area contributed by atoms with Gasteiger partial charge in [0.15, 0.2) is 0 Å². The molecular formula is C26H49FN4O8. The van der Waals surface area contributed by atoms with Gasteiger partial charge >= 0.3 is 0 Å². The molecule has 228 valence electrons. The zero-order valence-corrected chi connectivity index (χ0v) is 24.1. The Morgan fingerprint density at radius 1 is 0.667 bits per heavy atom. The summed E-state index contributed by atoms with van der Waals surface area (Å²) < 4.78 is 9.50. The average Bonchev–Trinajstić information content (AvgIpc) is 2.99. The lowest BCUT2D eigenvalue weighted by Crippen LogP contribution is -2.25. The van der Waals surface area contributed by atoms with E-state index < -0.39 is 9.85 Å². The minimum Gasteiger partial charge on any atom is -0.395 e. The van der Waals surface area contributed by atoms with Gasteiger partial charge in [0.25, 0.3) is 11.4 Å². The van der Waals surface area contributed by atoms with E-state index >= 15 is 0 Å². The number of aliphatic hydroxyl groups excluding tert-OH is 4. The smallest absolute Gasteiger partial charge is 0.269 e. The number of aliphatic hydroxyl groups is 4. The van der Waals surface area contributed by atoms with E-state index in [9.17, 15) is 24.6 Å². The molecule has 0 atom stereocenters. The summed E-state index contributed by atoms with van der Waals surface area (Å²) in [6, 6.07) is 15.9. The highest BCUT2D eigenvalue weighted by Gasteiger charge is 1.99.